The molecule has 6 nitrogen and oxygen atoms in total. The fourth-order valence-corrected chi connectivity index (χ4v) is 5.62. The van der Waals surface area contributed by atoms with Crippen molar-refractivity contribution in [3.05, 3.63) is 59.8 Å². The van der Waals surface area contributed by atoms with Crippen molar-refractivity contribution in [1.29, 1.82) is 0 Å². The van der Waals surface area contributed by atoms with Gasteiger partial charge >= 0.3 is 0 Å². The van der Waals surface area contributed by atoms with Gasteiger partial charge < -0.3 is 19.3 Å². The zero-order valence-corrected chi connectivity index (χ0v) is 21.7. The number of hydrogen-bond donors (Lipinski definition) is 0. The van der Waals surface area contributed by atoms with Crippen molar-refractivity contribution in [2.75, 3.05) is 44.3 Å². The molecule has 37 heavy (non-hydrogen) atoms. The van der Waals surface area contributed by atoms with Gasteiger partial charge in [-0.1, -0.05) is 12.6 Å². The van der Waals surface area contributed by atoms with Gasteiger partial charge in [-0.3, -0.25) is 0 Å². The molecule has 5 rings (SSSR count). The third-order valence-corrected chi connectivity index (χ3v) is 8.03. The van der Waals surface area contributed by atoms with Crippen molar-refractivity contribution < 1.29 is 18.3 Å². The van der Waals surface area contributed by atoms with E-state index in [4.69, 9.17) is 9.47 Å². The Balaban J connectivity index is 0.999. The number of halogens is 2. The summed E-state index contributed by atoms with van der Waals surface area (Å²) in [5.41, 5.74) is 2.34. The van der Waals surface area contributed by atoms with E-state index in [0.29, 0.717) is 56.6 Å². The number of hydrogen-bond acceptors (Lipinski definition) is 6. The predicted molar refractivity (Wildman–Crippen MR) is 140 cm³/mol. The molecule has 0 bridgehead atoms. The topological polar surface area (TPSA) is 50.7 Å². The molecule has 2 aliphatic heterocycles. The fourth-order valence-electron chi connectivity index (χ4n) is 5.62. The number of rotatable bonds is 12. The van der Waals surface area contributed by atoms with Gasteiger partial charge in [-0.2, -0.15) is 0 Å². The molecule has 0 amide bonds. The lowest BCUT2D eigenvalue weighted by Crippen LogP contribution is -2.47. The van der Waals surface area contributed by atoms with Crippen LogP contribution in [0.4, 0.5) is 14.7 Å². The average molecular weight is 513 g/mol. The Morgan fingerprint density at radius 3 is 2.59 bits per heavy atom. The molecule has 1 saturated carbocycles. The maximum absolute atomic E-state index is 14.6. The normalized spacial score (nSPS) is 22.1. The average Bonchev–Trinajstić information content (AvgIpc) is 3.67. The highest BCUT2D eigenvalue weighted by Crippen LogP contribution is 2.49. The van der Waals surface area contributed by atoms with Crippen molar-refractivity contribution in [1.82, 2.24) is 14.9 Å². The molecule has 3 fully saturated rings. The van der Waals surface area contributed by atoms with Crippen LogP contribution in [0.5, 0.6) is 5.75 Å². The van der Waals surface area contributed by atoms with E-state index in [1.54, 1.807) is 6.07 Å². The largest absolute Gasteiger partial charge is 0.493 e. The Kier molecular flexibility index (Phi) is 8.23. The molecule has 0 radical (unpaired) electrons. The van der Waals surface area contributed by atoms with Crippen LogP contribution in [0.25, 0.3) is 0 Å². The highest BCUT2D eigenvalue weighted by atomic mass is 19.1. The molecule has 1 aliphatic carbocycles. The highest BCUT2D eigenvalue weighted by molar-refractivity contribution is 5.32. The molecule has 2 saturated heterocycles. The van der Waals surface area contributed by atoms with Gasteiger partial charge in [0.15, 0.2) is 0 Å². The molecule has 1 aromatic carbocycles. The summed E-state index contributed by atoms with van der Waals surface area (Å²) in [4.78, 5) is 13.2. The van der Waals surface area contributed by atoms with E-state index in [-0.39, 0.29) is 5.82 Å². The highest BCUT2D eigenvalue weighted by Gasteiger charge is 2.43. The van der Waals surface area contributed by atoms with E-state index in [2.05, 4.69) is 21.4 Å². The lowest BCUT2D eigenvalue weighted by Gasteiger charge is -2.37. The van der Waals surface area contributed by atoms with Gasteiger partial charge in [0.25, 0.3) is 0 Å². The van der Waals surface area contributed by atoms with Crippen LogP contribution < -0.4 is 9.64 Å². The number of piperidine rings is 1. The zero-order chi connectivity index (χ0) is 25.8. The number of alkyl halides is 1. The molecule has 0 N–H and O–H groups in total. The second-order valence-electron chi connectivity index (χ2n) is 10.6. The summed E-state index contributed by atoms with van der Waals surface area (Å²) >= 11 is 0. The van der Waals surface area contributed by atoms with Crippen LogP contribution in [-0.2, 0) is 17.8 Å². The first-order valence-corrected chi connectivity index (χ1v) is 13.6. The van der Waals surface area contributed by atoms with E-state index in [0.717, 1.165) is 48.6 Å². The van der Waals surface area contributed by atoms with E-state index in [1.165, 1.54) is 25.3 Å². The lowest BCUT2D eigenvalue weighted by atomic mass is 9.90. The molecule has 200 valence electrons. The minimum absolute atomic E-state index is 0.292. The van der Waals surface area contributed by atoms with Crippen molar-refractivity contribution in [2.24, 2.45) is 17.8 Å². The Bertz CT molecular complexity index is 1050. The Hall–Kier alpha value is -2.74. The Morgan fingerprint density at radius 1 is 1.16 bits per heavy atom. The maximum atomic E-state index is 14.6. The lowest BCUT2D eigenvalue weighted by molar-refractivity contribution is 0.0963. The first-order chi connectivity index (χ1) is 18.0. The smallest absolute Gasteiger partial charge is 0.225 e. The first-order valence-electron chi connectivity index (χ1n) is 13.6. The number of ether oxygens (including phenoxy) is 2. The summed E-state index contributed by atoms with van der Waals surface area (Å²) in [6.07, 6.45) is 7.96. The SMILES string of the molecule is C=C(Cc1ccc(OCCC2CC2C2CCN(c3ncc(COCC)cn3)CC2)cc1F)N1CC(F)C1. The second-order valence-corrected chi connectivity index (χ2v) is 10.6. The van der Waals surface area contributed by atoms with Crippen molar-refractivity contribution in [3.63, 3.8) is 0 Å². The molecule has 0 spiro atoms. The number of likely N-dealkylation sites (tertiary alicyclic amines) is 1. The quantitative estimate of drug-likeness (QED) is 0.391. The minimum Gasteiger partial charge on any atom is -0.493 e. The molecule has 8 heteroatoms. The Morgan fingerprint density at radius 2 is 1.92 bits per heavy atom. The predicted octanol–water partition coefficient (Wildman–Crippen LogP) is 5.18. The summed E-state index contributed by atoms with van der Waals surface area (Å²) in [5.74, 6) is 3.32. The maximum Gasteiger partial charge on any atom is 0.225 e. The van der Waals surface area contributed by atoms with E-state index in [9.17, 15) is 8.78 Å². The summed E-state index contributed by atoms with van der Waals surface area (Å²) in [5, 5.41) is 0. The van der Waals surface area contributed by atoms with Gasteiger partial charge in [-0.15, -0.1) is 0 Å². The van der Waals surface area contributed by atoms with Crippen molar-refractivity contribution in [3.8, 4) is 5.75 Å². The van der Waals surface area contributed by atoms with Crippen LogP contribution in [-0.4, -0.2) is 60.4 Å². The number of aromatic nitrogens is 2. The van der Waals surface area contributed by atoms with Gasteiger partial charge in [-0.25, -0.2) is 18.7 Å². The third-order valence-electron chi connectivity index (χ3n) is 8.03. The van der Waals surface area contributed by atoms with Crippen LogP contribution in [0.2, 0.25) is 0 Å². The van der Waals surface area contributed by atoms with Gasteiger partial charge in [0.05, 0.1) is 26.3 Å². The van der Waals surface area contributed by atoms with Gasteiger partial charge in [0.2, 0.25) is 5.95 Å². The number of anilines is 1. The monoisotopic (exact) mass is 512 g/mol. The van der Waals surface area contributed by atoms with E-state index < -0.39 is 6.17 Å². The number of allylic oxidation sites excluding steroid dienone is 1. The minimum atomic E-state index is -0.792. The van der Waals surface area contributed by atoms with Crippen LogP contribution in [0.15, 0.2) is 42.9 Å². The van der Waals surface area contributed by atoms with Gasteiger partial charge in [0.1, 0.15) is 17.7 Å². The molecular formula is C29H38F2N4O2. The zero-order valence-electron chi connectivity index (χ0n) is 21.7. The second kappa shape index (κ2) is 11.8. The molecule has 3 heterocycles. The number of nitrogens with zero attached hydrogens (tertiary/aromatic N) is 4. The third kappa shape index (κ3) is 6.58. The summed E-state index contributed by atoms with van der Waals surface area (Å²) in [6, 6.07) is 5.04. The molecular weight excluding hydrogens is 474 g/mol. The number of benzene rings is 1. The van der Waals surface area contributed by atoms with Crippen LogP contribution >= 0.6 is 0 Å². The van der Waals surface area contributed by atoms with E-state index in [1.807, 2.05) is 30.3 Å². The van der Waals surface area contributed by atoms with Crippen LogP contribution in [0.1, 0.15) is 43.7 Å². The summed E-state index contributed by atoms with van der Waals surface area (Å²) in [7, 11) is 0. The Labute approximate surface area is 218 Å². The molecule has 2 atom stereocenters. The summed E-state index contributed by atoms with van der Waals surface area (Å²) < 4.78 is 38.9. The van der Waals surface area contributed by atoms with Crippen molar-refractivity contribution in [2.45, 2.75) is 51.8 Å². The van der Waals surface area contributed by atoms with Crippen LogP contribution in [0.3, 0.4) is 0 Å². The summed E-state index contributed by atoms with van der Waals surface area (Å²) in [6.45, 7) is 10.5. The van der Waals surface area contributed by atoms with Crippen LogP contribution in [0, 0.1) is 23.6 Å². The first kappa shape index (κ1) is 25.9. The molecule has 3 aliphatic rings. The van der Waals surface area contributed by atoms with Crippen molar-refractivity contribution >= 4 is 5.95 Å². The van der Waals surface area contributed by atoms with E-state index >= 15 is 0 Å². The van der Waals surface area contributed by atoms with Gasteiger partial charge in [0, 0.05) is 55.8 Å². The van der Waals surface area contributed by atoms with Gasteiger partial charge in [-0.05, 0) is 62.0 Å². The standard InChI is InChI=1S/C29H38F2N4O2/c1-3-36-19-21-15-32-29(33-16-21)34-9-6-22(7-10-34)27-13-23(27)8-11-37-26-5-4-24(28(31)14-26)12-20(2)35-17-25(30)18-35/h4-5,14-16,22-23,25,27H,2-3,6-13,17-19H2,1H3. The molecule has 2 aromatic rings. The molecule has 1 aromatic heterocycles. The fraction of sp³-hybridized carbons (Fsp3) is 0.586. The molecule has 2 unspecified atom stereocenters.